The Bertz CT molecular complexity index is 631. The van der Waals surface area contributed by atoms with E-state index in [1.807, 2.05) is 6.07 Å². The van der Waals surface area contributed by atoms with Crippen LogP contribution in [0.25, 0.3) is 0 Å². The van der Waals surface area contributed by atoms with Gasteiger partial charge in [-0.05, 0) is 30.2 Å². The van der Waals surface area contributed by atoms with Gasteiger partial charge in [0.1, 0.15) is 5.78 Å². The van der Waals surface area contributed by atoms with Crippen LogP contribution in [-0.2, 0) is 15.2 Å². The summed E-state index contributed by atoms with van der Waals surface area (Å²) in [6.07, 6.45) is 1.85. The van der Waals surface area contributed by atoms with E-state index >= 15 is 0 Å². The summed E-state index contributed by atoms with van der Waals surface area (Å²) < 4.78 is 0. The van der Waals surface area contributed by atoms with Crippen LogP contribution in [0.5, 0.6) is 0 Å². The number of aliphatic hydroxyl groups is 1. The van der Waals surface area contributed by atoms with E-state index in [0.717, 1.165) is 6.42 Å². The Hall–Kier alpha value is -1.68. The highest BCUT2D eigenvalue weighted by Crippen LogP contribution is 2.48. The molecule has 4 heteroatoms. The number of benzene rings is 1. The normalized spacial score (nSPS) is 31.8. The van der Waals surface area contributed by atoms with Gasteiger partial charge in [-0.1, -0.05) is 39.0 Å². The second-order valence-electron chi connectivity index (χ2n) is 7.63. The Balaban J connectivity index is 1.92. The number of anilines is 1. The number of carbonyl (C=O) groups is 2. The number of amides is 1. The van der Waals surface area contributed by atoms with Crippen molar-refractivity contribution in [3.8, 4) is 0 Å². The Morgan fingerprint density at radius 3 is 2.50 bits per heavy atom. The van der Waals surface area contributed by atoms with E-state index in [-0.39, 0.29) is 11.2 Å². The maximum absolute atomic E-state index is 12.7. The van der Waals surface area contributed by atoms with Crippen molar-refractivity contribution >= 4 is 17.4 Å². The molecule has 0 unspecified atom stereocenters. The lowest BCUT2D eigenvalue weighted by molar-refractivity contribution is -0.152. The first-order chi connectivity index (χ1) is 10.2. The predicted octanol–water partition coefficient (Wildman–Crippen LogP) is 2.86. The number of rotatable bonds is 1. The molecule has 0 aromatic heterocycles. The Morgan fingerprint density at radius 2 is 1.86 bits per heavy atom. The molecule has 1 aliphatic carbocycles. The lowest BCUT2D eigenvalue weighted by Gasteiger charge is -2.40. The molecule has 1 heterocycles. The Labute approximate surface area is 130 Å². The maximum atomic E-state index is 12.7. The minimum Gasteiger partial charge on any atom is -0.375 e. The third kappa shape index (κ3) is 2.17. The molecule has 1 aromatic carbocycles. The molecular weight excluding hydrogens is 278 g/mol. The molecule has 1 aliphatic heterocycles. The Kier molecular flexibility index (Phi) is 3.40. The second-order valence-corrected chi connectivity index (χ2v) is 7.63. The van der Waals surface area contributed by atoms with Crippen LogP contribution in [0.4, 0.5) is 5.69 Å². The third-order valence-electron chi connectivity index (χ3n) is 5.30. The zero-order valence-electron chi connectivity index (χ0n) is 13.3. The summed E-state index contributed by atoms with van der Waals surface area (Å²) in [5.74, 6) is -0.809. The summed E-state index contributed by atoms with van der Waals surface area (Å²) in [6, 6.07) is 7.09. The lowest BCUT2D eigenvalue weighted by Crippen LogP contribution is -2.48. The molecule has 1 amide bonds. The van der Waals surface area contributed by atoms with Crippen LogP contribution in [0.2, 0.25) is 0 Å². The fourth-order valence-corrected chi connectivity index (χ4v) is 3.81. The predicted molar refractivity (Wildman–Crippen MR) is 84.3 cm³/mol. The molecule has 1 saturated carbocycles. The van der Waals surface area contributed by atoms with E-state index < -0.39 is 17.4 Å². The highest BCUT2D eigenvalue weighted by Gasteiger charge is 2.55. The van der Waals surface area contributed by atoms with E-state index in [1.165, 1.54) is 0 Å². The molecule has 0 bridgehead atoms. The molecule has 0 radical (unpaired) electrons. The average Bonchev–Trinajstić information content (AvgIpc) is 2.70. The monoisotopic (exact) mass is 301 g/mol. The number of hydrogen-bond donors (Lipinski definition) is 2. The van der Waals surface area contributed by atoms with E-state index in [2.05, 4.69) is 26.1 Å². The molecule has 0 saturated heterocycles. The van der Waals surface area contributed by atoms with Crippen molar-refractivity contribution < 1.29 is 14.7 Å². The topological polar surface area (TPSA) is 66.4 Å². The minimum absolute atomic E-state index is 0.000489. The van der Waals surface area contributed by atoms with Gasteiger partial charge in [-0.25, -0.2) is 0 Å². The van der Waals surface area contributed by atoms with Crippen LogP contribution >= 0.6 is 0 Å². The third-order valence-corrected chi connectivity index (χ3v) is 5.30. The standard InChI is InChI=1S/C18H23NO3/c1-17(2,3)11-8-9-13(15(20)10-11)18(22)12-6-4-5-7-14(12)19-16(18)21/h4-7,11,13,22H,8-10H2,1-3H3,(H,19,21)/t11-,13-,18+/m1/s1. The van der Waals surface area contributed by atoms with Gasteiger partial charge in [0.15, 0.2) is 5.60 Å². The van der Waals surface area contributed by atoms with Gasteiger partial charge in [0, 0.05) is 17.7 Å². The zero-order chi connectivity index (χ0) is 16.1. The van der Waals surface area contributed by atoms with Crippen molar-refractivity contribution in [1.82, 2.24) is 0 Å². The molecule has 2 N–H and O–H groups in total. The van der Waals surface area contributed by atoms with Crippen molar-refractivity contribution in [3.63, 3.8) is 0 Å². The number of ketones is 1. The number of hydrogen-bond acceptors (Lipinski definition) is 3. The van der Waals surface area contributed by atoms with Crippen LogP contribution in [0.15, 0.2) is 24.3 Å². The number of carbonyl (C=O) groups excluding carboxylic acids is 2. The van der Waals surface area contributed by atoms with Crippen molar-refractivity contribution in [1.29, 1.82) is 0 Å². The highest BCUT2D eigenvalue weighted by molar-refractivity contribution is 6.08. The fourth-order valence-electron chi connectivity index (χ4n) is 3.81. The molecule has 3 atom stereocenters. The summed E-state index contributed by atoms with van der Waals surface area (Å²) in [7, 11) is 0. The first kappa shape index (κ1) is 15.2. The van der Waals surface area contributed by atoms with E-state index in [4.69, 9.17) is 0 Å². The van der Waals surface area contributed by atoms with Gasteiger partial charge >= 0.3 is 0 Å². The van der Waals surface area contributed by atoms with Gasteiger partial charge in [-0.15, -0.1) is 0 Å². The highest BCUT2D eigenvalue weighted by atomic mass is 16.3. The van der Waals surface area contributed by atoms with Crippen LogP contribution in [0, 0.1) is 17.3 Å². The van der Waals surface area contributed by atoms with E-state index in [0.29, 0.717) is 30.0 Å². The van der Waals surface area contributed by atoms with E-state index in [1.54, 1.807) is 18.2 Å². The van der Waals surface area contributed by atoms with Gasteiger partial charge in [0.25, 0.3) is 5.91 Å². The Morgan fingerprint density at radius 1 is 1.18 bits per heavy atom. The molecule has 118 valence electrons. The fraction of sp³-hybridized carbons (Fsp3) is 0.556. The molecule has 1 fully saturated rings. The summed E-state index contributed by atoms with van der Waals surface area (Å²) in [6.45, 7) is 6.41. The molecule has 1 aromatic rings. The minimum atomic E-state index is -1.71. The van der Waals surface area contributed by atoms with Crippen LogP contribution in [0.3, 0.4) is 0 Å². The van der Waals surface area contributed by atoms with Crippen molar-refractivity contribution in [3.05, 3.63) is 29.8 Å². The molecule has 4 nitrogen and oxygen atoms in total. The summed E-state index contributed by atoms with van der Waals surface area (Å²) in [5, 5.41) is 13.8. The molecule has 2 aliphatic rings. The number of nitrogens with one attached hydrogen (secondary N) is 1. The quantitative estimate of drug-likeness (QED) is 0.838. The number of Topliss-reactive ketones (excluding diaryl/α,β-unsaturated/α-hetero) is 1. The van der Waals surface area contributed by atoms with Crippen LogP contribution in [0.1, 0.15) is 45.6 Å². The average molecular weight is 301 g/mol. The number of para-hydroxylation sites is 1. The van der Waals surface area contributed by atoms with Crippen LogP contribution in [-0.4, -0.2) is 16.8 Å². The van der Waals surface area contributed by atoms with Crippen molar-refractivity contribution in [2.75, 3.05) is 5.32 Å². The molecule has 22 heavy (non-hydrogen) atoms. The maximum Gasteiger partial charge on any atom is 0.261 e. The second kappa shape index (κ2) is 4.92. The largest absolute Gasteiger partial charge is 0.375 e. The van der Waals surface area contributed by atoms with Gasteiger partial charge in [-0.3, -0.25) is 9.59 Å². The van der Waals surface area contributed by atoms with Crippen LogP contribution < -0.4 is 5.32 Å². The van der Waals surface area contributed by atoms with Crippen molar-refractivity contribution in [2.24, 2.45) is 17.3 Å². The summed E-state index contributed by atoms with van der Waals surface area (Å²) >= 11 is 0. The molecular formula is C18H23NO3. The summed E-state index contributed by atoms with van der Waals surface area (Å²) in [5.41, 5.74) is -0.497. The van der Waals surface area contributed by atoms with Crippen molar-refractivity contribution in [2.45, 2.75) is 45.6 Å². The SMILES string of the molecule is CC(C)(C)[C@@H]1CC[C@@H]([C@]2(O)C(=O)Nc3ccccc32)C(=O)C1. The lowest BCUT2D eigenvalue weighted by atomic mass is 9.65. The van der Waals surface area contributed by atoms with E-state index in [9.17, 15) is 14.7 Å². The summed E-state index contributed by atoms with van der Waals surface area (Å²) in [4.78, 5) is 25.0. The van der Waals surface area contributed by atoms with Gasteiger partial charge in [0.05, 0.1) is 5.92 Å². The first-order valence-corrected chi connectivity index (χ1v) is 7.90. The molecule has 0 spiro atoms. The van der Waals surface area contributed by atoms with Gasteiger partial charge in [-0.2, -0.15) is 0 Å². The smallest absolute Gasteiger partial charge is 0.261 e. The zero-order valence-corrected chi connectivity index (χ0v) is 13.3. The number of fused-ring (bicyclic) bond motifs is 1. The molecule has 3 rings (SSSR count). The van der Waals surface area contributed by atoms with Gasteiger partial charge < -0.3 is 10.4 Å². The first-order valence-electron chi connectivity index (χ1n) is 7.90. The van der Waals surface area contributed by atoms with Gasteiger partial charge in [0.2, 0.25) is 0 Å².